The molecule has 0 saturated carbocycles. The van der Waals surface area contributed by atoms with Crippen molar-refractivity contribution in [2.45, 2.75) is 58.8 Å². The first-order valence-corrected chi connectivity index (χ1v) is 7.99. The van der Waals surface area contributed by atoms with E-state index < -0.39 is 5.60 Å². The van der Waals surface area contributed by atoms with Gasteiger partial charge < -0.3 is 14.7 Å². The predicted octanol–water partition coefficient (Wildman–Crippen LogP) is 1.11. The van der Waals surface area contributed by atoms with Gasteiger partial charge in [0.2, 0.25) is 5.91 Å². The summed E-state index contributed by atoms with van der Waals surface area (Å²) in [5, 5.41) is 10.4. The van der Waals surface area contributed by atoms with Crippen molar-refractivity contribution in [3.05, 3.63) is 0 Å². The highest BCUT2D eigenvalue weighted by Crippen LogP contribution is 2.38. The molecule has 2 fully saturated rings. The first kappa shape index (κ1) is 16.7. The summed E-state index contributed by atoms with van der Waals surface area (Å²) in [4.78, 5) is 16.5. The Morgan fingerprint density at radius 2 is 1.76 bits per heavy atom. The molecule has 2 rings (SSSR count). The number of ether oxygens (including phenoxy) is 1. The summed E-state index contributed by atoms with van der Waals surface area (Å²) in [6.07, 6.45) is 0.983. The van der Waals surface area contributed by atoms with E-state index in [9.17, 15) is 9.90 Å². The third kappa shape index (κ3) is 3.76. The number of aliphatic hydroxyl groups is 1. The molecule has 2 saturated heterocycles. The lowest BCUT2D eigenvalue weighted by molar-refractivity contribution is -0.132. The lowest BCUT2D eigenvalue weighted by Gasteiger charge is -2.35. The zero-order valence-electron chi connectivity index (χ0n) is 14.1. The Morgan fingerprint density at radius 3 is 2.24 bits per heavy atom. The Bertz CT molecular complexity index is 369. The number of carbonyl (C=O) groups is 1. The molecule has 122 valence electrons. The van der Waals surface area contributed by atoms with Gasteiger partial charge in [-0.15, -0.1) is 0 Å². The number of hydrogen-bond donors (Lipinski definition) is 1. The van der Waals surface area contributed by atoms with Gasteiger partial charge in [-0.2, -0.15) is 0 Å². The summed E-state index contributed by atoms with van der Waals surface area (Å²) in [6.45, 7) is 13.6. The molecule has 0 aliphatic carbocycles. The molecule has 5 nitrogen and oxygen atoms in total. The van der Waals surface area contributed by atoms with Crippen LogP contribution in [0.5, 0.6) is 0 Å². The molecule has 21 heavy (non-hydrogen) atoms. The van der Waals surface area contributed by atoms with E-state index >= 15 is 0 Å². The van der Waals surface area contributed by atoms with Crippen molar-refractivity contribution in [2.75, 3.05) is 32.7 Å². The Labute approximate surface area is 128 Å². The Hall–Kier alpha value is -0.650. The molecule has 0 aromatic heterocycles. The highest BCUT2D eigenvalue weighted by molar-refractivity contribution is 5.77. The van der Waals surface area contributed by atoms with Crippen LogP contribution in [0, 0.1) is 5.41 Å². The summed E-state index contributed by atoms with van der Waals surface area (Å²) in [5.41, 5.74) is -1.05. The predicted molar refractivity (Wildman–Crippen MR) is 82.1 cm³/mol. The van der Waals surface area contributed by atoms with E-state index in [1.165, 1.54) is 0 Å². The molecular weight excluding hydrogens is 268 g/mol. The largest absolute Gasteiger partial charge is 0.388 e. The summed E-state index contributed by atoms with van der Waals surface area (Å²) in [5.74, 6) is 0.146. The zero-order chi connectivity index (χ0) is 15.8. The van der Waals surface area contributed by atoms with Crippen LogP contribution in [-0.2, 0) is 9.53 Å². The first-order valence-electron chi connectivity index (χ1n) is 7.99. The highest BCUT2D eigenvalue weighted by atomic mass is 16.5. The summed E-state index contributed by atoms with van der Waals surface area (Å²) in [7, 11) is 0. The van der Waals surface area contributed by atoms with Gasteiger partial charge in [-0.3, -0.25) is 9.69 Å². The molecule has 0 aromatic rings. The molecule has 2 aliphatic heterocycles. The Kier molecular flexibility index (Phi) is 4.66. The minimum absolute atomic E-state index is 0.146. The minimum Gasteiger partial charge on any atom is -0.388 e. The van der Waals surface area contributed by atoms with E-state index in [-0.39, 0.29) is 23.5 Å². The Morgan fingerprint density at radius 1 is 1.19 bits per heavy atom. The van der Waals surface area contributed by atoms with E-state index in [4.69, 9.17) is 4.74 Å². The van der Waals surface area contributed by atoms with Gasteiger partial charge in [0.05, 0.1) is 17.8 Å². The van der Waals surface area contributed by atoms with Crippen LogP contribution in [0.3, 0.4) is 0 Å². The molecule has 3 atom stereocenters. The van der Waals surface area contributed by atoms with E-state index in [2.05, 4.69) is 18.7 Å². The number of carbonyl (C=O) groups excluding carboxylic acids is 1. The molecular formula is C16H30N2O3. The quantitative estimate of drug-likeness (QED) is 0.848. The van der Waals surface area contributed by atoms with Crippen molar-refractivity contribution >= 4 is 5.91 Å². The maximum Gasteiger partial charge on any atom is 0.223 e. The highest BCUT2D eigenvalue weighted by Gasteiger charge is 2.48. The van der Waals surface area contributed by atoms with Crippen molar-refractivity contribution in [1.82, 2.24) is 9.80 Å². The van der Waals surface area contributed by atoms with Crippen molar-refractivity contribution in [1.29, 1.82) is 0 Å². The molecule has 1 N–H and O–H groups in total. The van der Waals surface area contributed by atoms with E-state index in [0.717, 1.165) is 19.6 Å². The van der Waals surface area contributed by atoms with Gasteiger partial charge in [-0.25, -0.2) is 0 Å². The van der Waals surface area contributed by atoms with Crippen molar-refractivity contribution in [3.8, 4) is 0 Å². The third-order valence-electron chi connectivity index (χ3n) is 5.03. The smallest absolute Gasteiger partial charge is 0.223 e. The van der Waals surface area contributed by atoms with Crippen LogP contribution < -0.4 is 0 Å². The molecule has 5 heteroatoms. The topological polar surface area (TPSA) is 53.0 Å². The van der Waals surface area contributed by atoms with E-state index in [1.807, 2.05) is 25.7 Å². The van der Waals surface area contributed by atoms with Gasteiger partial charge in [0.15, 0.2) is 0 Å². The molecule has 0 bridgehead atoms. The number of amides is 1. The maximum atomic E-state index is 12.4. The van der Waals surface area contributed by atoms with Crippen LogP contribution in [0.15, 0.2) is 0 Å². The second kappa shape index (κ2) is 5.86. The second-order valence-electron chi connectivity index (χ2n) is 7.67. The SMILES string of the molecule is C[C@@H]1CN(CCC(=O)N2CC(C)(C)[C@](C)(O)C2)C[C@H](C)O1. The minimum atomic E-state index is -0.801. The summed E-state index contributed by atoms with van der Waals surface area (Å²) < 4.78 is 5.71. The number of nitrogens with zero attached hydrogens (tertiary/aromatic N) is 2. The van der Waals surface area contributed by atoms with Crippen molar-refractivity contribution in [3.63, 3.8) is 0 Å². The number of likely N-dealkylation sites (tertiary alicyclic amines) is 1. The van der Waals surface area contributed by atoms with Gasteiger partial charge in [-0.05, 0) is 20.8 Å². The Balaban J connectivity index is 1.83. The van der Waals surface area contributed by atoms with Crippen molar-refractivity contribution in [2.24, 2.45) is 5.41 Å². The number of rotatable bonds is 3. The second-order valence-corrected chi connectivity index (χ2v) is 7.67. The third-order valence-corrected chi connectivity index (χ3v) is 5.03. The average molecular weight is 298 g/mol. The lowest BCUT2D eigenvalue weighted by Crippen LogP contribution is -2.46. The summed E-state index contributed by atoms with van der Waals surface area (Å²) >= 11 is 0. The first-order chi connectivity index (χ1) is 9.60. The normalized spacial score (nSPS) is 37.0. The molecule has 0 radical (unpaired) electrons. The van der Waals surface area contributed by atoms with Crippen LogP contribution in [0.2, 0.25) is 0 Å². The standard InChI is InChI=1S/C16H30N2O3/c1-12-8-17(9-13(2)21-12)7-6-14(19)18-10-15(3,4)16(5,20)11-18/h12-13,20H,6-11H2,1-5H3/t12-,13+,16-/m1/s1. The molecule has 0 unspecified atom stereocenters. The van der Waals surface area contributed by atoms with Crippen LogP contribution in [0.1, 0.15) is 41.0 Å². The van der Waals surface area contributed by atoms with Crippen molar-refractivity contribution < 1.29 is 14.6 Å². The summed E-state index contributed by atoms with van der Waals surface area (Å²) in [6, 6.07) is 0. The molecule has 2 aliphatic rings. The molecule has 0 spiro atoms. The number of hydrogen-bond acceptors (Lipinski definition) is 4. The fourth-order valence-corrected chi connectivity index (χ4v) is 3.34. The zero-order valence-corrected chi connectivity index (χ0v) is 14.1. The van der Waals surface area contributed by atoms with Crippen LogP contribution >= 0.6 is 0 Å². The molecule has 1 amide bonds. The fourth-order valence-electron chi connectivity index (χ4n) is 3.34. The molecule has 2 heterocycles. The van der Waals surface area contributed by atoms with E-state index in [0.29, 0.717) is 19.5 Å². The van der Waals surface area contributed by atoms with Gasteiger partial charge >= 0.3 is 0 Å². The van der Waals surface area contributed by atoms with Gasteiger partial charge in [0.25, 0.3) is 0 Å². The van der Waals surface area contributed by atoms with Gasteiger partial charge in [0.1, 0.15) is 0 Å². The molecule has 0 aromatic carbocycles. The number of β-amino-alcohol motifs (C(OH)–C–C–N with tert-alkyl or cyclic N) is 1. The van der Waals surface area contributed by atoms with E-state index in [1.54, 1.807) is 0 Å². The maximum absolute atomic E-state index is 12.4. The fraction of sp³-hybridized carbons (Fsp3) is 0.938. The van der Waals surface area contributed by atoms with Crippen LogP contribution in [0.4, 0.5) is 0 Å². The average Bonchev–Trinajstić information content (AvgIpc) is 2.54. The lowest BCUT2D eigenvalue weighted by atomic mass is 9.79. The monoisotopic (exact) mass is 298 g/mol. The van der Waals surface area contributed by atoms with Crippen LogP contribution in [0.25, 0.3) is 0 Å². The van der Waals surface area contributed by atoms with Crippen LogP contribution in [-0.4, -0.2) is 71.3 Å². The van der Waals surface area contributed by atoms with Gasteiger partial charge in [-0.1, -0.05) is 13.8 Å². The number of morpholine rings is 1. The van der Waals surface area contributed by atoms with Gasteiger partial charge in [0, 0.05) is 44.6 Å².